The third-order valence-electron chi connectivity index (χ3n) is 5.01. The van der Waals surface area contributed by atoms with Gasteiger partial charge in [0, 0.05) is 35.0 Å². The Morgan fingerprint density at radius 1 is 0.966 bits per heavy atom. The maximum atomic E-state index is 8.79. The predicted molar refractivity (Wildman–Crippen MR) is 123 cm³/mol. The summed E-state index contributed by atoms with van der Waals surface area (Å²) < 4.78 is 23.7. The van der Waals surface area contributed by atoms with Crippen LogP contribution >= 0.6 is 11.3 Å². The summed E-state index contributed by atoms with van der Waals surface area (Å²) in [5, 5.41) is 2.91. The number of aryl methyl sites for hydroxylation is 2. The standard InChI is InChI=1S/C25H24N2OS/c1-14-9-10-17-16-7-6-8-19(22(16)28-23(17)26-14)21-12-11-18-20(13-25(3,4)5)15(2)29-24(18)27-21/h6-12H,13H2,1-5H3/i13D2. The minimum atomic E-state index is -1.46. The summed E-state index contributed by atoms with van der Waals surface area (Å²) >= 11 is 1.55. The molecular weight excluding hydrogens is 376 g/mol. The predicted octanol–water partition coefficient (Wildman–Crippen LogP) is 7.46. The van der Waals surface area contributed by atoms with Gasteiger partial charge < -0.3 is 4.42 Å². The molecule has 5 rings (SSSR count). The molecule has 0 aliphatic rings. The van der Waals surface area contributed by atoms with Gasteiger partial charge in [0.1, 0.15) is 10.4 Å². The van der Waals surface area contributed by atoms with Crippen LogP contribution in [0.1, 0.15) is 39.6 Å². The lowest BCUT2D eigenvalue weighted by molar-refractivity contribution is 0.412. The topological polar surface area (TPSA) is 38.9 Å². The smallest absolute Gasteiger partial charge is 0.227 e. The van der Waals surface area contributed by atoms with Crippen LogP contribution in [0, 0.1) is 19.3 Å². The fourth-order valence-electron chi connectivity index (χ4n) is 3.75. The summed E-state index contributed by atoms with van der Waals surface area (Å²) in [6, 6.07) is 14.1. The second-order valence-electron chi connectivity index (χ2n) is 8.55. The van der Waals surface area contributed by atoms with Gasteiger partial charge in [-0.05, 0) is 61.5 Å². The van der Waals surface area contributed by atoms with E-state index in [4.69, 9.17) is 12.1 Å². The van der Waals surface area contributed by atoms with E-state index in [0.717, 1.165) is 54.0 Å². The summed E-state index contributed by atoms with van der Waals surface area (Å²) in [6.45, 7) is 9.76. The molecular formula is C25H24N2OS. The fourth-order valence-corrected chi connectivity index (χ4v) is 4.72. The number of nitrogens with zero attached hydrogens (tertiary/aromatic N) is 2. The van der Waals surface area contributed by atoms with Crippen molar-refractivity contribution < 1.29 is 7.16 Å². The average molecular weight is 403 g/mol. The van der Waals surface area contributed by atoms with Crippen LogP contribution in [0.3, 0.4) is 0 Å². The van der Waals surface area contributed by atoms with Crippen molar-refractivity contribution in [3.05, 3.63) is 58.6 Å². The van der Waals surface area contributed by atoms with E-state index < -0.39 is 11.8 Å². The minimum Gasteiger partial charge on any atom is -0.437 e. The Kier molecular flexibility index (Phi) is 3.55. The van der Waals surface area contributed by atoms with Crippen molar-refractivity contribution in [3.63, 3.8) is 0 Å². The number of furan rings is 1. The molecule has 0 N–H and O–H groups in total. The van der Waals surface area contributed by atoms with Crippen molar-refractivity contribution in [1.82, 2.24) is 9.97 Å². The molecule has 0 saturated carbocycles. The number of thiophene rings is 1. The Bertz CT molecular complexity index is 1470. The lowest BCUT2D eigenvalue weighted by atomic mass is 9.87. The first kappa shape index (κ1) is 16.1. The molecule has 0 spiro atoms. The van der Waals surface area contributed by atoms with E-state index in [9.17, 15) is 0 Å². The van der Waals surface area contributed by atoms with Gasteiger partial charge in [0.15, 0.2) is 0 Å². The van der Waals surface area contributed by atoms with E-state index in [1.807, 2.05) is 77.1 Å². The Hall–Kier alpha value is -2.72. The number of para-hydroxylation sites is 1. The molecule has 0 aliphatic heterocycles. The van der Waals surface area contributed by atoms with E-state index >= 15 is 0 Å². The first-order valence-corrected chi connectivity index (χ1v) is 10.6. The molecule has 0 atom stereocenters. The van der Waals surface area contributed by atoms with Crippen LogP contribution in [0.15, 0.2) is 46.9 Å². The molecule has 4 heterocycles. The second kappa shape index (κ2) is 6.39. The average Bonchev–Trinajstić information content (AvgIpc) is 3.22. The highest BCUT2D eigenvalue weighted by Gasteiger charge is 2.19. The van der Waals surface area contributed by atoms with Crippen molar-refractivity contribution in [2.75, 3.05) is 0 Å². The highest BCUT2D eigenvalue weighted by Crippen LogP contribution is 2.38. The molecule has 5 aromatic rings. The van der Waals surface area contributed by atoms with Gasteiger partial charge in [-0.25, -0.2) is 9.97 Å². The van der Waals surface area contributed by atoms with Crippen molar-refractivity contribution in [2.45, 2.75) is 41.0 Å². The fraction of sp³-hybridized carbons (Fsp3) is 0.280. The number of rotatable bonds is 2. The summed E-state index contributed by atoms with van der Waals surface area (Å²) in [7, 11) is 0. The normalized spacial score (nSPS) is 14.0. The maximum Gasteiger partial charge on any atom is 0.227 e. The zero-order valence-electron chi connectivity index (χ0n) is 19.3. The molecule has 4 aromatic heterocycles. The highest BCUT2D eigenvalue weighted by atomic mass is 32.1. The highest BCUT2D eigenvalue weighted by molar-refractivity contribution is 7.18. The summed E-state index contributed by atoms with van der Waals surface area (Å²) in [6.07, 6.45) is -1.46. The zero-order valence-corrected chi connectivity index (χ0v) is 18.1. The molecule has 0 saturated heterocycles. The minimum absolute atomic E-state index is 0.518. The van der Waals surface area contributed by atoms with Gasteiger partial charge in [0.2, 0.25) is 5.71 Å². The first-order chi connectivity index (χ1) is 14.6. The Labute approximate surface area is 177 Å². The van der Waals surface area contributed by atoms with Crippen LogP contribution in [0.4, 0.5) is 0 Å². The van der Waals surface area contributed by atoms with Gasteiger partial charge in [-0.2, -0.15) is 0 Å². The van der Waals surface area contributed by atoms with Gasteiger partial charge in [-0.15, -0.1) is 11.3 Å². The van der Waals surface area contributed by atoms with Gasteiger partial charge in [0.05, 0.1) is 5.69 Å². The van der Waals surface area contributed by atoms with Crippen molar-refractivity contribution in [3.8, 4) is 11.3 Å². The Balaban J connectivity index is 1.72. The number of benzene rings is 1. The van der Waals surface area contributed by atoms with Gasteiger partial charge in [-0.3, -0.25) is 0 Å². The largest absolute Gasteiger partial charge is 0.437 e. The lowest BCUT2D eigenvalue weighted by Gasteiger charge is -2.18. The first-order valence-electron chi connectivity index (χ1n) is 10.8. The van der Waals surface area contributed by atoms with Crippen LogP contribution in [0.25, 0.3) is 43.5 Å². The van der Waals surface area contributed by atoms with E-state index in [1.165, 1.54) is 0 Å². The zero-order chi connectivity index (χ0) is 22.1. The van der Waals surface area contributed by atoms with Crippen LogP contribution in [0.2, 0.25) is 0 Å². The molecule has 146 valence electrons. The van der Waals surface area contributed by atoms with Gasteiger partial charge >= 0.3 is 0 Å². The number of hydrogen-bond acceptors (Lipinski definition) is 4. The SMILES string of the molecule is [2H]C([2H])(c1c(C)sc2nc(-c3cccc4c3oc3nc(C)ccc34)ccc12)C(C)(C)C. The van der Waals surface area contributed by atoms with Crippen LogP contribution in [-0.4, -0.2) is 9.97 Å². The summed E-state index contributed by atoms with van der Waals surface area (Å²) in [4.78, 5) is 11.3. The molecule has 0 bridgehead atoms. The molecule has 0 unspecified atom stereocenters. The number of aromatic nitrogens is 2. The number of hydrogen-bond donors (Lipinski definition) is 0. The molecule has 0 fully saturated rings. The van der Waals surface area contributed by atoms with E-state index in [2.05, 4.69) is 4.98 Å². The van der Waals surface area contributed by atoms with Gasteiger partial charge in [-0.1, -0.05) is 32.9 Å². The number of fused-ring (bicyclic) bond motifs is 4. The van der Waals surface area contributed by atoms with Crippen LogP contribution in [0.5, 0.6) is 0 Å². The quantitative estimate of drug-likeness (QED) is 0.307. The Morgan fingerprint density at radius 3 is 2.55 bits per heavy atom. The second-order valence-corrected chi connectivity index (χ2v) is 9.75. The molecule has 4 heteroatoms. The van der Waals surface area contributed by atoms with E-state index in [-0.39, 0.29) is 0 Å². The van der Waals surface area contributed by atoms with Gasteiger partial charge in [0.25, 0.3) is 0 Å². The van der Waals surface area contributed by atoms with Crippen molar-refractivity contribution in [1.29, 1.82) is 0 Å². The van der Waals surface area contributed by atoms with Crippen LogP contribution < -0.4 is 0 Å². The molecule has 1 aromatic carbocycles. The monoisotopic (exact) mass is 402 g/mol. The molecule has 0 amide bonds. The maximum absolute atomic E-state index is 8.79. The molecule has 29 heavy (non-hydrogen) atoms. The lowest BCUT2D eigenvalue weighted by Crippen LogP contribution is -2.09. The van der Waals surface area contributed by atoms with E-state index in [1.54, 1.807) is 11.3 Å². The third-order valence-corrected chi connectivity index (χ3v) is 6.03. The molecule has 0 aliphatic carbocycles. The Morgan fingerprint density at radius 2 is 1.76 bits per heavy atom. The van der Waals surface area contributed by atoms with E-state index in [0.29, 0.717) is 5.71 Å². The summed E-state index contributed by atoms with van der Waals surface area (Å²) in [5.41, 5.74) is 4.30. The van der Waals surface area contributed by atoms with Crippen LogP contribution in [-0.2, 0) is 6.37 Å². The molecule has 0 radical (unpaired) electrons. The van der Waals surface area contributed by atoms with Crippen molar-refractivity contribution >= 4 is 43.6 Å². The van der Waals surface area contributed by atoms with Crippen molar-refractivity contribution in [2.24, 2.45) is 5.41 Å². The summed E-state index contributed by atoms with van der Waals surface area (Å²) in [5.74, 6) is 0. The molecule has 3 nitrogen and oxygen atoms in total. The third kappa shape index (κ3) is 3.12. The number of pyridine rings is 2.